The molecule has 1 fully saturated rings. The second-order valence-corrected chi connectivity index (χ2v) is 6.06. The van der Waals surface area contributed by atoms with Gasteiger partial charge in [-0.3, -0.25) is 4.98 Å². The van der Waals surface area contributed by atoms with Crippen molar-refractivity contribution < 1.29 is 0 Å². The Kier molecular flexibility index (Phi) is 4.30. The normalized spacial score (nSPS) is 16.8. The van der Waals surface area contributed by atoms with Gasteiger partial charge in [-0.05, 0) is 38.1 Å². The highest BCUT2D eigenvalue weighted by molar-refractivity contribution is 7.99. The van der Waals surface area contributed by atoms with Gasteiger partial charge in [-0.15, -0.1) is 11.8 Å². The van der Waals surface area contributed by atoms with Crippen molar-refractivity contribution in [2.24, 2.45) is 0 Å². The van der Waals surface area contributed by atoms with Crippen LogP contribution in [0.5, 0.6) is 0 Å². The SMILES string of the molecule is c1ccc2nc(SCCN3CCCCC3)cnc2c1. The van der Waals surface area contributed by atoms with Gasteiger partial charge >= 0.3 is 0 Å². The zero-order valence-electron chi connectivity index (χ0n) is 11.1. The Labute approximate surface area is 118 Å². The zero-order valence-corrected chi connectivity index (χ0v) is 11.9. The van der Waals surface area contributed by atoms with E-state index in [0.717, 1.165) is 21.8 Å². The van der Waals surface area contributed by atoms with E-state index < -0.39 is 0 Å². The minimum Gasteiger partial charge on any atom is -0.303 e. The topological polar surface area (TPSA) is 29.0 Å². The van der Waals surface area contributed by atoms with Crippen molar-refractivity contribution in [3.8, 4) is 0 Å². The van der Waals surface area contributed by atoms with Crippen molar-refractivity contribution in [1.82, 2.24) is 14.9 Å². The third-order valence-corrected chi connectivity index (χ3v) is 4.41. The van der Waals surface area contributed by atoms with E-state index in [1.165, 1.54) is 38.9 Å². The molecule has 100 valence electrons. The number of hydrogen-bond acceptors (Lipinski definition) is 4. The maximum absolute atomic E-state index is 4.64. The number of likely N-dealkylation sites (tertiary alicyclic amines) is 1. The lowest BCUT2D eigenvalue weighted by Gasteiger charge is -2.25. The van der Waals surface area contributed by atoms with E-state index in [1.807, 2.05) is 42.2 Å². The van der Waals surface area contributed by atoms with Gasteiger partial charge in [-0.1, -0.05) is 18.6 Å². The van der Waals surface area contributed by atoms with Gasteiger partial charge in [-0.25, -0.2) is 4.98 Å². The molecule has 19 heavy (non-hydrogen) atoms. The lowest BCUT2D eigenvalue weighted by Crippen LogP contribution is -2.31. The summed E-state index contributed by atoms with van der Waals surface area (Å²) < 4.78 is 0. The highest BCUT2D eigenvalue weighted by atomic mass is 32.2. The van der Waals surface area contributed by atoms with Crippen molar-refractivity contribution in [3.63, 3.8) is 0 Å². The molecule has 3 rings (SSSR count). The Balaban J connectivity index is 1.56. The van der Waals surface area contributed by atoms with E-state index in [-0.39, 0.29) is 0 Å². The standard InChI is InChI=1S/C15H19N3S/c1-4-8-18(9-5-1)10-11-19-15-12-16-13-6-2-3-7-14(13)17-15/h2-3,6-7,12H,1,4-5,8-11H2. The van der Waals surface area contributed by atoms with Gasteiger partial charge in [-0.2, -0.15) is 0 Å². The fourth-order valence-electron chi connectivity index (χ4n) is 2.47. The van der Waals surface area contributed by atoms with Crippen LogP contribution in [0.15, 0.2) is 35.5 Å². The lowest BCUT2D eigenvalue weighted by atomic mass is 10.1. The summed E-state index contributed by atoms with van der Waals surface area (Å²) in [6.07, 6.45) is 6.02. The highest BCUT2D eigenvalue weighted by Gasteiger charge is 2.09. The number of rotatable bonds is 4. The summed E-state index contributed by atoms with van der Waals surface area (Å²) in [7, 11) is 0. The van der Waals surface area contributed by atoms with Gasteiger partial charge in [0.2, 0.25) is 0 Å². The average Bonchev–Trinajstić information content (AvgIpc) is 2.48. The molecule has 0 amide bonds. The molecule has 0 saturated carbocycles. The number of benzene rings is 1. The van der Waals surface area contributed by atoms with Crippen molar-refractivity contribution in [3.05, 3.63) is 30.5 Å². The predicted octanol–water partition coefficient (Wildman–Crippen LogP) is 3.21. The number of fused-ring (bicyclic) bond motifs is 1. The van der Waals surface area contributed by atoms with E-state index >= 15 is 0 Å². The molecule has 2 heterocycles. The van der Waals surface area contributed by atoms with Crippen molar-refractivity contribution in [2.75, 3.05) is 25.4 Å². The molecule has 2 aromatic rings. The predicted molar refractivity (Wildman–Crippen MR) is 80.6 cm³/mol. The number of para-hydroxylation sites is 2. The molecule has 0 spiro atoms. The van der Waals surface area contributed by atoms with Crippen LogP contribution in [0.3, 0.4) is 0 Å². The molecule has 1 aliphatic rings. The second kappa shape index (κ2) is 6.35. The molecule has 0 bridgehead atoms. The maximum Gasteiger partial charge on any atom is 0.115 e. The summed E-state index contributed by atoms with van der Waals surface area (Å²) in [4.78, 5) is 11.6. The number of aromatic nitrogens is 2. The fraction of sp³-hybridized carbons (Fsp3) is 0.467. The first-order valence-electron chi connectivity index (χ1n) is 6.99. The maximum atomic E-state index is 4.64. The van der Waals surface area contributed by atoms with E-state index in [9.17, 15) is 0 Å². The number of hydrogen-bond donors (Lipinski definition) is 0. The Morgan fingerprint density at radius 2 is 1.84 bits per heavy atom. The molecule has 0 atom stereocenters. The Hall–Kier alpha value is -1.13. The summed E-state index contributed by atoms with van der Waals surface area (Å²) in [5, 5.41) is 1.04. The minimum atomic E-state index is 0.975. The summed E-state index contributed by atoms with van der Waals surface area (Å²) in [5.74, 6) is 1.10. The lowest BCUT2D eigenvalue weighted by molar-refractivity contribution is 0.242. The average molecular weight is 273 g/mol. The van der Waals surface area contributed by atoms with Crippen LogP contribution in [0.4, 0.5) is 0 Å². The molecule has 1 aromatic heterocycles. The summed E-state index contributed by atoms with van der Waals surface area (Å²) in [6, 6.07) is 8.04. The molecule has 0 unspecified atom stereocenters. The smallest absolute Gasteiger partial charge is 0.115 e. The molecule has 4 heteroatoms. The molecule has 0 aliphatic carbocycles. The monoisotopic (exact) mass is 273 g/mol. The largest absolute Gasteiger partial charge is 0.303 e. The third-order valence-electron chi connectivity index (χ3n) is 3.53. The molecule has 0 radical (unpaired) electrons. The van der Waals surface area contributed by atoms with Crippen molar-refractivity contribution in [2.45, 2.75) is 24.3 Å². The fourth-order valence-corrected chi connectivity index (χ4v) is 3.32. The molecule has 1 saturated heterocycles. The van der Waals surface area contributed by atoms with Crippen LogP contribution < -0.4 is 0 Å². The Morgan fingerprint density at radius 1 is 1.05 bits per heavy atom. The highest BCUT2D eigenvalue weighted by Crippen LogP contribution is 2.18. The van der Waals surface area contributed by atoms with Crippen molar-refractivity contribution in [1.29, 1.82) is 0 Å². The quantitative estimate of drug-likeness (QED) is 0.800. The van der Waals surface area contributed by atoms with Gasteiger partial charge < -0.3 is 4.90 Å². The number of piperidine rings is 1. The first-order chi connectivity index (χ1) is 9.42. The van der Waals surface area contributed by atoms with E-state index in [0.29, 0.717) is 0 Å². The summed E-state index contributed by atoms with van der Waals surface area (Å²) >= 11 is 1.81. The van der Waals surface area contributed by atoms with Crippen LogP contribution in [0.25, 0.3) is 11.0 Å². The third kappa shape index (κ3) is 3.45. The number of thioether (sulfide) groups is 1. The molecule has 0 N–H and O–H groups in total. The van der Waals surface area contributed by atoms with Crippen LogP contribution in [0, 0.1) is 0 Å². The van der Waals surface area contributed by atoms with Gasteiger partial charge in [0.05, 0.1) is 17.2 Å². The molecule has 1 aliphatic heterocycles. The van der Waals surface area contributed by atoms with Gasteiger partial charge in [0.1, 0.15) is 5.03 Å². The van der Waals surface area contributed by atoms with E-state index in [1.54, 1.807) is 0 Å². The minimum absolute atomic E-state index is 0.975. The van der Waals surface area contributed by atoms with Gasteiger partial charge in [0.25, 0.3) is 0 Å². The first kappa shape index (κ1) is 12.9. The van der Waals surface area contributed by atoms with E-state index in [4.69, 9.17) is 0 Å². The Bertz CT molecular complexity index is 538. The second-order valence-electron chi connectivity index (χ2n) is 4.95. The van der Waals surface area contributed by atoms with Crippen LogP contribution in [-0.4, -0.2) is 40.3 Å². The van der Waals surface area contributed by atoms with Gasteiger partial charge in [0.15, 0.2) is 0 Å². The van der Waals surface area contributed by atoms with Gasteiger partial charge in [0, 0.05) is 12.3 Å². The molecular weight excluding hydrogens is 254 g/mol. The summed E-state index contributed by atoms with van der Waals surface area (Å²) in [5.41, 5.74) is 1.97. The number of nitrogens with zero attached hydrogens (tertiary/aromatic N) is 3. The summed E-state index contributed by atoms with van der Waals surface area (Å²) in [6.45, 7) is 3.70. The molecular formula is C15H19N3S. The van der Waals surface area contributed by atoms with Crippen LogP contribution in [-0.2, 0) is 0 Å². The van der Waals surface area contributed by atoms with Crippen LogP contribution in [0.1, 0.15) is 19.3 Å². The zero-order chi connectivity index (χ0) is 12.9. The van der Waals surface area contributed by atoms with E-state index in [2.05, 4.69) is 14.9 Å². The Morgan fingerprint density at radius 3 is 2.68 bits per heavy atom. The first-order valence-corrected chi connectivity index (χ1v) is 7.97. The molecule has 1 aromatic carbocycles. The van der Waals surface area contributed by atoms with Crippen LogP contribution >= 0.6 is 11.8 Å². The molecule has 3 nitrogen and oxygen atoms in total. The van der Waals surface area contributed by atoms with Crippen LogP contribution in [0.2, 0.25) is 0 Å². The van der Waals surface area contributed by atoms with Crippen molar-refractivity contribution >= 4 is 22.8 Å².